The van der Waals surface area contributed by atoms with E-state index in [2.05, 4.69) is 41.6 Å². The average Bonchev–Trinajstić information content (AvgIpc) is 2.60. The van der Waals surface area contributed by atoms with Gasteiger partial charge in [-0.2, -0.15) is 0 Å². The summed E-state index contributed by atoms with van der Waals surface area (Å²) >= 11 is 0. The monoisotopic (exact) mass is 311 g/mol. The summed E-state index contributed by atoms with van der Waals surface area (Å²) in [4.78, 5) is 16.3. The van der Waals surface area contributed by atoms with Crippen LogP contribution in [0, 0.1) is 0 Å². The Morgan fingerprint density at radius 1 is 1.13 bits per heavy atom. The molecule has 1 heterocycles. The Morgan fingerprint density at radius 3 is 2.57 bits per heavy atom. The van der Waals surface area contributed by atoms with Gasteiger partial charge in [-0.15, -0.1) is 0 Å². The maximum atomic E-state index is 12.0. The molecule has 1 aromatic carbocycles. The van der Waals surface area contributed by atoms with Crippen molar-refractivity contribution in [3.05, 3.63) is 59.8 Å². The second kappa shape index (κ2) is 8.93. The third-order valence-corrected chi connectivity index (χ3v) is 3.76. The molecule has 4 nitrogen and oxygen atoms in total. The first-order valence-corrected chi connectivity index (χ1v) is 8.26. The van der Waals surface area contributed by atoms with E-state index < -0.39 is 0 Å². The van der Waals surface area contributed by atoms with Crippen LogP contribution in [-0.4, -0.2) is 17.4 Å². The minimum Gasteiger partial charge on any atom is -0.364 e. The summed E-state index contributed by atoms with van der Waals surface area (Å²) in [7, 11) is 0. The van der Waals surface area contributed by atoms with Gasteiger partial charge in [-0.25, -0.2) is 4.98 Å². The molecule has 0 saturated carbocycles. The van der Waals surface area contributed by atoms with Gasteiger partial charge in [-0.3, -0.25) is 4.79 Å². The molecule has 1 aromatic heterocycles. The van der Waals surface area contributed by atoms with Crippen molar-refractivity contribution in [2.75, 3.05) is 11.9 Å². The standard InChI is InChI=1S/C19H25N3O/c1-3-4-8-13-20-19(23)17-11-12-18(21-14-17)22-15(2)16-9-6-5-7-10-16/h5-7,9-12,14-15H,3-4,8,13H2,1-2H3,(H,20,23)(H,21,22). The van der Waals surface area contributed by atoms with E-state index in [0.29, 0.717) is 5.56 Å². The fraction of sp³-hybridized carbons (Fsp3) is 0.368. The molecule has 0 aliphatic rings. The number of hydrogen-bond acceptors (Lipinski definition) is 3. The van der Waals surface area contributed by atoms with Crippen molar-refractivity contribution in [3.63, 3.8) is 0 Å². The summed E-state index contributed by atoms with van der Waals surface area (Å²) in [5.74, 6) is 0.708. The summed E-state index contributed by atoms with van der Waals surface area (Å²) in [5, 5.41) is 6.26. The van der Waals surface area contributed by atoms with Gasteiger partial charge >= 0.3 is 0 Å². The van der Waals surface area contributed by atoms with Crippen LogP contribution in [0.1, 0.15) is 55.1 Å². The van der Waals surface area contributed by atoms with Crippen LogP contribution in [0.5, 0.6) is 0 Å². The molecule has 0 radical (unpaired) electrons. The largest absolute Gasteiger partial charge is 0.364 e. The number of nitrogens with zero attached hydrogens (tertiary/aromatic N) is 1. The molecule has 2 N–H and O–H groups in total. The second-order valence-electron chi connectivity index (χ2n) is 5.67. The molecule has 1 unspecified atom stereocenters. The van der Waals surface area contributed by atoms with E-state index in [9.17, 15) is 4.79 Å². The highest BCUT2D eigenvalue weighted by atomic mass is 16.1. The number of carbonyl (C=O) groups excluding carboxylic acids is 1. The van der Waals surface area contributed by atoms with Crippen LogP contribution in [0.15, 0.2) is 48.7 Å². The maximum absolute atomic E-state index is 12.0. The Hall–Kier alpha value is -2.36. The van der Waals surface area contributed by atoms with Gasteiger partial charge in [0, 0.05) is 18.8 Å². The van der Waals surface area contributed by atoms with Crippen LogP contribution in [0.3, 0.4) is 0 Å². The third kappa shape index (κ3) is 5.40. The number of pyridine rings is 1. The molecule has 23 heavy (non-hydrogen) atoms. The van der Waals surface area contributed by atoms with Crippen molar-refractivity contribution in [2.24, 2.45) is 0 Å². The molecule has 0 fully saturated rings. The van der Waals surface area contributed by atoms with Crippen LogP contribution in [0.4, 0.5) is 5.82 Å². The predicted octanol–water partition coefficient (Wildman–Crippen LogP) is 4.17. The number of anilines is 1. The first-order chi connectivity index (χ1) is 11.2. The normalized spacial score (nSPS) is 11.7. The van der Waals surface area contributed by atoms with E-state index in [4.69, 9.17) is 0 Å². The van der Waals surface area contributed by atoms with Crippen molar-refractivity contribution in [1.82, 2.24) is 10.3 Å². The molecular formula is C19H25N3O. The molecule has 2 aromatic rings. The molecular weight excluding hydrogens is 286 g/mol. The molecule has 0 aliphatic heterocycles. The lowest BCUT2D eigenvalue weighted by Crippen LogP contribution is -2.24. The number of hydrogen-bond donors (Lipinski definition) is 2. The minimum absolute atomic E-state index is 0.0590. The topological polar surface area (TPSA) is 54.0 Å². The molecule has 0 aliphatic carbocycles. The first-order valence-electron chi connectivity index (χ1n) is 8.26. The Morgan fingerprint density at radius 2 is 1.91 bits per heavy atom. The second-order valence-corrected chi connectivity index (χ2v) is 5.67. The molecule has 0 bridgehead atoms. The molecule has 0 saturated heterocycles. The van der Waals surface area contributed by atoms with E-state index in [0.717, 1.165) is 31.6 Å². The maximum Gasteiger partial charge on any atom is 0.252 e. The summed E-state index contributed by atoms with van der Waals surface area (Å²) < 4.78 is 0. The lowest BCUT2D eigenvalue weighted by Gasteiger charge is -2.15. The van der Waals surface area contributed by atoms with Gasteiger partial charge in [-0.1, -0.05) is 50.1 Å². The zero-order chi connectivity index (χ0) is 16.5. The zero-order valence-corrected chi connectivity index (χ0v) is 13.9. The van der Waals surface area contributed by atoms with Crippen molar-refractivity contribution in [3.8, 4) is 0 Å². The number of amides is 1. The van der Waals surface area contributed by atoms with Crippen molar-refractivity contribution in [1.29, 1.82) is 0 Å². The highest BCUT2D eigenvalue weighted by Crippen LogP contribution is 2.17. The van der Waals surface area contributed by atoms with Crippen molar-refractivity contribution >= 4 is 11.7 Å². The number of nitrogens with one attached hydrogen (secondary N) is 2. The smallest absolute Gasteiger partial charge is 0.252 e. The summed E-state index contributed by atoms with van der Waals surface area (Å²) in [5.41, 5.74) is 1.80. The summed E-state index contributed by atoms with van der Waals surface area (Å²) in [6.07, 6.45) is 4.93. The lowest BCUT2D eigenvalue weighted by molar-refractivity contribution is 0.0952. The lowest BCUT2D eigenvalue weighted by atomic mass is 10.1. The van der Waals surface area contributed by atoms with Crippen LogP contribution >= 0.6 is 0 Å². The van der Waals surface area contributed by atoms with Gasteiger partial charge < -0.3 is 10.6 Å². The first kappa shape index (κ1) is 17.0. The fourth-order valence-electron chi connectivity index (χ4n) is 2.34. The molecule has 0 spiro atoms. The average molecular weight is 311 g/mol. The van der Waals surface area contributed by atoms with Gasteiger partial charge in [0.1, 0.15) is 5.82 Å². The van der Waals surface area contributed by atoms with E-state index in [1.807, 2.05) is 30.3 Å². The van der Waals surface area contributed by atoms with Crippen molar-refractivity contribution in [2.45, 2.75) is 39.2 Å². The number of benzene rings is 1. The molecule has 1 amide bonds. The molecule has 1 atom stereocenters. The third-order valence-electron chi connectivity index (χ3n) is 3.76. The molecule has 4 heteroatoms. The van der Waals surface area contributed by atoms with Crippen LogP contribution in [-0.2, 0) is 0 Å². The Balaban J connectivity index is 1.88. The minimum atomic E-state index is -0.0590. The van der Waals surface area contributed by atoms with Gasteiger partial charge in [0.25, 0.3) is 5.91 Å². The van der Waals surface area contributed by atoms with Gasteiger partial charge in [0.2, 0.25) is 0 Å². The Kier molecular flexibility index (Phi) is 6.60. The SMILES string of the molecule is CCCCCNC(=O)c1ccc(NC(C)c2ccccc2)nc1. The summed E-state index contributed by atoms with van der Waals surface area (Å²) in [6, 6.07) is 14.0. The number of rotatable bonds is 8. The highest BCUT2D eigenvalue weighted by molar-refractivity contribution is 5.94. The highest BCUT2D eigenvalue weighted by Gasteiger charge is 2.08. The summed E-state index contributed by atoms with van der Waals surface area (Å²) in [6.45, 7) is 4.96. The predicted molar refractivity (Wildman–Crippen MR) is 94.6 cm³/mol. The molecule has 2 rings (SSSR count). The Bertz CT molecular complexity index is 596. The van der Waals surface area contributed by atoms with E-state index in [1.165, 1.54) is 5.56 Å². The van der Waals surface area contributed by atoms with E-state index in [-0.39, 0.29) is 11.9 Å². The number of unbranched alkanes of at least 4 members (excludes halogenated alkanes) is 2. The van der Waals surface area contributed by atoms with Gasteiger partial charge in [0.15, 0.2) is 0 Å². The fourth-order valence-corrected chi connectivity index (χ4v) is 2.34. The Labute approximate surface area is 138 Å². The zero-order valence-electron chi connectivity index (χ0n) is 13.9. The number of aromatic nitrogens is 1. The van der Waals surface area contributed by atoms with E-state index in [1.54, 1.807) is 6.20 Å². The van der Waals surface area contributed by atoms with Crippen LogP contribution in [0.25, 0.3) is 0 Å². The van der Waals surface area contributed by atoms with Gasteiger partial charge in [0.05, 0.1) is 5.56 Å². The quantitative estimate of drug-likeness (QED) is 0.719. The van der Waals surface area contributed by atoms with Crippen LogP contribution in [0.2, 0.25) is 0 Å². The van der Waals surface area contributed by atoms with E-state index >= 15 is 0 Å². The van der Waals surface area contributed by atoms with Gasteiger partial charge in [-0.05, 0) is 31.0 Å². The van der Waals surface area contributed by atoms with Crippen molar-refractivity contribution < 1.29 is 4.79 Å². The number of carbonyl (C=O) groups is 1. The van der Waals surface area contributed by atoms with Crippen LogP contribution < -0.4 is 10.6 Å². The molecule has 122 valence electrons.